The van der Waals surface area contributed by atoms with E-state index in [9.17, 15) is 19.5 Å². The van der Waals surface area contributed by atoms with Crippen LogP contribution in [-0.2, 0) is 5.54 Å². The summed E-state index contributed by atoms with van der Waals surface area (Å²) in [7, 11) is 0. The number of H-pyrrole nitrogens is 1. The lowest BCUT2D eigenvalue weighted by atomic mass is 10.0. The zero-order chi connectivity index (χ0) is 15.1. The fraction of sp³-hybridized carbons (Fsp3) is 0.357. The Hall–Kier alpha value is -2.37. The molecule has 1 heterocycles. The number of carboxylic acids is 1. The van der Waals surface area contributed by atoms with Crippen LogP contribution in [-0.4, -0.2) is 20.6 Å². The predicted molar refractivity (Wildman–Crippen MR) is 75.4 cm³/mol. The summed E-state index contributed by atoms with van der Waals surface area (Å²) in [5.74, 6) is -1.15. The number of nitrogens with one attached hydrogen (secondary N) is 1. The number of benzene rings is 1. The first kappa shape index (κ1) is 14.0. The lowest BCUT2D eigenvalue weighted by Crippen LogP contribution is -2.44. The maximum Gasteiger partial charge on any atom is 0.337 e. The fourth-order valence-electron chi connectivity index (χ4n) is 2.17. The van der Waals surface area contributed by atoms with Crippen LogP contribution in [0.25, 0.3) is 11.0 Å². The molecule has 0 unspecified atom stereocenters. The highest BCUT2D eigenvalue weighted by molar-refractivity contribution is 6.00. The Labute approximate surface area is 114 Å². The normalized spacial score (nSPS) is 11.8. The molecule has 0 bridgehead atoms. The summed E-state index contributed by atoms with van der Waals surface area (Å²) in [5, 5.41) is 9.18. The predicted octanol–water partition coefficient (Wildman–Crippen LogP) is 1.53. The maximum atomic E-state index is 12.1. The minimum Gasteiger partial charge on any atom is -0.478 e. The third-order valence-electron chi connectivity index (χ3n) is 3.62. The number of hydrogen-bond donors (Lipinski definition) is 2. The van der Waals surface area contributed by atoms with Gasteiger partial charge in [-0.1, -0.05) is 13.0 Å². The molecule has 0 aliphatic heterocycles. The van der Waals surface area contributed by atoms with Gasteiger partial charge in [-0.05, 0) is 32.4 Å². The topological polar surface area (TPSA) is 92.2 Å². The summed E-state index contributed by atoms with van der Waals surface area (Å²) in [5.41, 5.74) is -1.51. The molecule has 2 aromatic rings. The van der Waals surface area contributed by atoms with Crippen LogP contribution in [0.15, 0.2) is 27.8 Å². The highest BCUT2D eigenvalue weighted by atomic mass is 16.4. The van der Waals surface area contributed by atoms with E-state index in [-0.39, 0.29) is 11.1 Å². The first-order valence-corrected chi connectivity index (χ1v) is 6.31. The van der Waals surface area contributed by atoms with Gasteiger partial charge in [0.1, 0.15) is 0 Å². The van der Waals surface area contributed by atoms with Gasteiger partial charge in [0.25, 0.3) is 0 Å². The largest absolute Gasteiger partial charge is 0.478 e. The summed E-state index contributed by atoms with van der Waals surface area (Å²) in [4.78, 5) is 37.6. The lowest BCUT2D eigenvalue weighted by molar-refractivity contribution is 0.0698. The molecule has 0 fully saturated rings. The van der Waals surface area contributed by atoms with Gasteiger partial charge >= 0.3 is 17.1 Å². The van der Waals surface area contributed by atoms with Crippen molar-refractivity contribution < 1.29 is 9.90 Å². The third kappa shape index (κ3) is 2.03. The van der Waals surface area contributed by atoms with Crippen molar-refractivity contribution >= 4 is 17.0 Å². The van der Waals surface area contributed by atoms with E-state index in [2.05, 4.69) is 4.98 Å². The molecule has 106 valence electrons. The summed E-state index contributed by atoms with van der Waals surface area (Å²) < 4.78 is 1.37. The van der Waals surface area contributed by atoms with Gasteiger partial charge in [-0.25, -0.2) is 4.79 Å². The van der Waals surface area contributed by atoms with E-state index in [4.69, 9.17) is 0 Å². The van der Waals surface area contributed by atoms with Gasteiger partial charge in [0, 0.05) is 5.54 Å². The van der Waals surface area contributed by atoms with Gasteiger partial charge < -0.3 is 10.1 Å². The van der Waals surface area contributed by atoms with Gasteiger partial charge in [-0.2, -0.15) is 0 Å². The Kier molecular flexibility index (Phi) is 3.25. The molecule has 20 heavy (non-hydrogen) atoms. The summed E-state index contributed by atoms with van der Waals surface area (Å²) in [6.07, 6.45) is 0.628. The second-order valence-corrected chi connectivity index (χ2v) is 5.27. The van der Waals surface area contributed by atoms with Crippen molar-refractivity contribution in [2.75, 3.05) is 0 Å². The van der Waals surface area contributed by atoms with Gasteiger partial charge in [0.05, 0.1) is 16.6 Å². The van der Waals surface area contributed by atoms with Gasteiger partial charge in [-0.3, -0.25) is 14.2 Å². The first-order valence-electron chi connectivity index (χ1n) is 6.31. The van der Waals surface area contributed by atoms with Crippen LogP contribution < -0.4 is 11.1 Å². The van der Waals surface area contributed by atoms with Crippen molar-refractivity contribution in [3.63, 3.8) is 0 Å². The number of aromatic nitrogens is 2. The van der Waals surface area contributed by atoms with Crippen LogP contribution in [0.5, 0.6) is 0 Å². The highest BCUT2D eigenvalue weighted by Crippen LogP contribution is 2.23. The molecule has 0 aliphatic carbocycles. The first-order chi connectivity index (χ1) is 9.29. The van der Waals surface area contributed by atoms with E-state index in [0.717, 1.165) is 0 Å². The molecule has 0 amide bonds. The Morgan fingerprint density at radius 3 is 2.55 bits per heavy atom. The third-order valence-corrected chi connectivity index (χ3v) is 3.62. The van der Waals surface area contributed by atoms with Crippen LogP contribution >= 0.6 is 0 Å². The molecule has 0 spiro atoms. The second kappa shape index (κ2) is 4.63. The molecule has 2 N–H and O–H groups in total. The van der Waals surface area contributed by atoms with Crippen molar-refractivity contribution in [3.05, 3.63) is 44.5 Å². The zero-order valence-corrected chi connectivity index (χ0v) is 11.6. The Balaban J connectivity index is 3.05. The number of para-hydroxylation sites is 1. The number of hydrogen-bond acceptors (Lipinski definition) is 3. The molecule has 1 aromatic heterocycles. The summed E-state index contributed by atoms with van der Waals surface area (Å²) >= 11 is 0. The Morgan fingerprint density at radius 1 is 1.35 bits per heavy atom. The van der Waals surface area contributed by atoms with Crippen molar-refractivity contribution in [2.45, 2.75) is 32.7 Å². The SMILES string of the molecule is CCC(C)(C)n1c(=O)c(=O)[nH]c2c(C(=O)O)cccc21. The maximum absolute atomic E-state index is 12.1. The van der Waals surface area contributed by atoms with E-state index in [1.165, 1.54) is 10.6 Å². The minimum absolute atomic E-state index is 0.0275. The number of aromatic carboxylic acids is 1. The standard InChI is InChI=1S/C14H16N2O4/c1-4-14(2,3)16-9-7-5-6-8(13(19)20)10(9)15-11(17)12(16)18/h5-7H,4H2,1-3H3,(H,15,17)(H,19,20). The Morgan fingerprint density at radius 2 is 2.00 bits per heavy atom. The molecular weight excluding hydrogens is 260 g/mol. The van der Waals surface area contributed by atoms with Crippen molar-refractivity contribution in [2.24, 2.45) is 0 Å². The number of aromatic amines is 1. The van der Waals surface area contributed by atoms with Gasteiger partial charge in [0.15, 0.2) is 0 Å². The van der Waals surface area contributed by atoms with E-state index in [0.29, 0.717) is 11.9 Å². The molecule has 0 saturated carbocycles. The molecule has 0 saturated heterocycles. The van der Waals surface area contributed by atoms with Gasteiger partial charge in [0.2, 0.25) is 0 Å². The quantitative estimate of drug-likeness (QED) is 0.831. The molecule has 1 aromatic carbocycles. The average Bonchev–Trinajstić information content (AvgIpc) is 2.39. The van der Waals surface area contributed by atoms with E-state index < -0.39 is 22.6 Å². The van der Waals surface area contributed by atoms with E-state index in [1.54, 1.807) is 12.1 Å². The van der Waals surface area contributed by atoms with Crippen LogP contribution in [0.2, 0.25) is 0 Å². The van der Waals surface area contributed by atoms with Crippen LogP contribution in [0, 0.1) is 0 Å². The summed E-state index contributed by atoms with van der Waals surface area (Å²) in [6.45, 7) is 5.57. The Bertz CT molecular complexity index is 799. The van der Waals surface area contributed by atoms with E-state index in [1.807, 2.05) is 20.8 Å². The lowest BCUT2D eigenvalue weighted by Gasteiger charge is -2.27. The molecule has 6 nitrogen and oxygen atoms in total. The number of fused-ring (bicyclic) bond motifs is 1. The van der Waals surface area contributed by atoms with Crippen molar-refractivity contribution in [3.8, 4) is 0 Å². The zero-order valence-electron chi connectivity index (χ0n) is 11.6. The summed E-state index contributed by atoms with van der Waals surface area (Å²) in [6, 6.07) is 4.59. The van der Waals surface area contributed by atoms with Gasteiger partial charge in [-0.15, -0.1) is 0 Å². The molecule has 0 aliphatic rings. The fourth-order valence-corrected chi connectivity index (χ4v) is 2.17. The van der Waals surface area contributed by atoms with E-state index >= 15 is 0 Å². The molecule has 2 rings (SSSR count). The number of carbonyl (C=O) groups is 1. The monoisotopic (exact) mass is 276 g/mol. The molecule has 6 heteroatoms. The second-order valence-electron chi connectivity index (χ2n) is 5.27. The number of rotatable bonds is 3. The van der Waals surface area contributed by atoms with Crippen LogP contribution in [0.4, 0.5) is 0 Å². The molecular formula is C14H16N2O4. The van der Waals surface area contributed by atoms with Crippen molar-refractivity contribution in [1.29, 1.82) is 0 Å². The van der Waals surface area contributed by atoms with Crippen LogP contribution in [0.1, 0.15) is 37.6 Å². The highest BCUT2D eigenvalue weighted by Gasteiger charge is 2.24. The number of carboxylic acid groups (broad SMARTS) is 1. The minimum atomic E-state index is -1.15. The smallest absolute Gasteiger partial charge is 0.337 e. The molecule has 0 radical (unpaired) electrons. The number of nitrogens with zero attached hydrogens (tertiary/aromatic N) is 1. The average molecular weight is 276 g/mol. The molecule has 0 atom stereocenters. The van der Waals surface area contributed by atoms with Crippen LogP contribution in [0.3, 0.4) is 0 Å². The van der Waals surface area contributed by atoms with Crippen molar-refractivity contribution in [1.82, 2.24) is 9.55 Å².